The van der Waals surface area contributed by atoms with Crippen LogP contribution in [0.15, 0.2) is 18.2 Å². The standard InChI is InChI=1S/C16H23FN2O3S/c1-12-2-3-13(16(17)8-12)11-23(20,21)18-9-15-10-19(6-7-22-15)14-4-5-14/h2-3,8,14-15,18H,4-7,9-11H2,1H3/t15-/m1/s1. The van der Waals surface area contributed by atoms with Crippen LogP contribution in [0.5, 0.6) is 0 Å². The van der Waals surface area contributed by atoms with Gasteiger partial charge in [-0.3, -0.25) is 4.90 Å². The van der Waals surface area contributed by atoms with E-state index in [9.17, 15) is 12.8 Å². The number of rotatable bonds is 6. The van der Waals surface area contributed by atoms with Crippen molar-refractivity contribution in [3.8, 4) is 0 Å². The van der Waals surface area contributed by atoms with E-state index in [0.29, 0.717) is 12.6 Å². The minimum atomic E-state index is -3.58. The van der Waals surface area contributed by atoms with Crippen LogP contribution in [0.3, 0.4) is 0 Å². The fraction of sp³-hybridized carbons (Fsp3) is 0.625. The number of nitrogens with one attached hydrogen (secondary N) is 1. The van der Waals surface area contributed by atoms with E-state index in [-0.39, 0.29) is 24.0 Å². The molecule has 7 heteroatoms. The Balaban J connectivity index is 1.53. The van der Waals surface area contributed by atoms with Crippen LogP contribution in [0.25, 0.3) is 0 Å². The van der Waals surface area contributed by atoms with Gasteiger partial charge in [0.1, 0.15) is 5.82 Å². The van der Waals surface area contributed by atoms with Crippen molar-refractivity contribution in [1.82, 2.24) is 9.62 Å². The summed E-state index contributed by atoms with van der Waals surface area (Å²) in [5.74, 6) is -0.831. The molecule has 0 spiro atoms. The fourth-order valence-electron chi connectivity index (χ4n) is 2.88. The quantitative estimate of drug-likeness (QED) is 0.849. The van der Waals surface area contributed by atoms with Crippen LogP contribution in [0.2, 0.25) is 0 Å². The lowest BCUT2D eigenvalue weighted by Crippen LogP contribution is -2.48. The van der Waals surface area contributed by atoms with E-state index in [0.717, 1.165) is 18.7 Å². The number of hydrogen-bond acceptors (Lipinski definition) is 4. The first-order valence-electron chi connectivity index (χ1n) is 8.01. The van der Waals surface area contributed by atoms with Crippen molar-refractivity contribution < 1.29 is 17.5 Å². The molecule has 3 rings (SSSR count). The molecule has 1 saturated heterocycles. The van der Waals surface area contributed by atoms with Gasteiger partial charge in [-0.25, -0.2) is 17.5 Å². The maximum Gasteiger partial charge on any atom is 0.215 e. The Bertz CT molecular complexity index is 661. The molecular formula is C16H23FN2O3S. The van der Waals surface area contributed by atoms with Crippen LogP contribution in [0.4, 0.5) is 4.39 Å². The van der Waals surface area contributed by atoms with Crippen molar-refractivity contribution in [1.29, 1.82) is 0 Å². The summed E-state index contributed by atoms with van der Waals surface area (Å²) in [6.45, 7) is 4.31. The van der Waals surface area contributed by atoms with E-state index < -0.39 is 15.8 Å². The zero-order valence-corrected chi connectivity index (χ0v) is 14.1. The molecule has 1 aliphatic heterocycles. The molecule has 23 heavy (non-hydrogen) atoms. The Kier molecular flexibility index (Phi) is 5.01. The zero-order chi connectivity index (χ0) is 16.4. The monoisotopic (exact) mass is 342 g/mol. The van der Waals surface area contributed by atoms with Gasteiger partial charge < -0.3 is 4.74 Å². The second-order valence-electron chi connectivity index (χ2n) is 6.42. The second-order valence-corrected chi connectivity index (χ2v) is 8.23. The van der Waals surface area contributed by atoms with Gasteiger partial charge in [0.25, 0.3) is 0 Å². The van der Waals surface area contributed by atoms with Crippen LogP contribution in [-0.2, 0) is 20.5 Å². The molecule has 1 saturated carbocycles. The molecule has 5 nitrogen and oxygen atoms in total. The fourth-order valence-corrected chi connectivity index (χ4v) is 4.07. The maximum atomic E-state index is 13.8. The van der Waals surface area contributed by atoms with Crippen LogP contribution in [-0.4, -0.2) is 51.7 Å². The van der Waals surface area contributed by atoms with E-state index in [4.69, 9.17) is 4.74 Å². The molecule has 1 atom stereocenters. The van der Waals surface area contributed by atoms with E-state index in [1.807, 2.05) is 0 Å². The van der Waals surface area contributed by atoms with Crippen LogP contribution in [0.1, 0.15) is 24.0 Å². The summed E-state index contributed by atoms with van der Waals surface area (Å²) in [6, 6.07) is 5.24. The van der Waals surface area contributed by atoms with Crippen molar-refractivity contribution in [2.75, 3.05) is 26.2 Å². The molecule has 0 aromatic heterocycles. The van der Waals surface area contributed by atoms with Gasteiger partial charge in [-0.15, -0.1) is 0 Å². The predicted molar refractivity (Wildman–Crippen MR) is 86.1 cm³/mol. The molecule has 1 aromatic carbocycles. The Morgan fingerprint density at radius 1 is 1.39 bits per heavy atom. The van der Waals surface area contributed by atoms with Gasteiger partial charge in [0.2, 0.25) is 10.0 Å². The minimum Gasteiger partial charge on any atom is -0.374 e. The summed E-state index contributed by atoms with van der Waals surface area (Å²) in [5, 5.41) is 0. The van der Waals surface area contributed by atoms with Crippen molar-refractivity contribution in [2.45, 2.75) is 37.7 Å². The van der Waals surface area contributed by atoms with Gasteiger partial charge in [-0.2, -0.15) is 0 Å². The molecule has 0 bridgehead atoms. The summed E-state index contributed by atoms with van der Waals surface area (Å²) >= 11 is 0. The molecule has 2 aliphatic rings. The van der Waals surface area contributed by atoms with Gasteiger partial charge in [0.05, 0.1) is 18.5 Å². The van der Waals surface area contributed by atoms with Crippen LogP contribution >= 0.6 is 0 Å². The number of benzene rings is 1. The Hall–Kier alpha value is -1.02. The third kappa shape index (κ3) is 4.73. The van der Waals surface area contributed by atoms with Crippen molar-refractivity contribution in [2.24, 2.45) is 0 Å². The number of sulfonamides is 1. The maximum absolute atomic E-state index is 13.8. The van der Waals surface area contributed by atoms with Crippen molar-refractivity contribution >= 4 is 10.0 Å². The molecule has 128 valence electrons. The average Bonchev–Trinajstić information content (AvgIpc) is 3.33. The summed E-state index contributed by atoms with van der Waals surface area (Å²) in [5.41, 5.74) is 0.958. The lowest BCUT2D eigenvalue weighted by Gasteiger charge is -2.33. The molecule has 1 aromatic rings. The van der Waals surface area contributed by atoms with Crippen LogP contribution < -0.4 is 4.72 Å². The van der Waals surface area contributed by atoms with Gasteiger partial charge in [-0.05, 0) is 31.4 Å². The molecule has 0 unspecified atom stereocenters. The van der Waals surface area contributed by atoms with Crippen molar-refractivity contribution in [3.05, 3.63) is 35.1 Å². The van der Waals surface area contributed by atoms with Crippen molar-refractivity contribution in [3.63, 3.8) is 0 Å². The smallest absolute Gasteiger partial charge is 0.215 e. The lowest BCUT2D eigenvalue weighted by molar-refractivity contribution is -0.0277. The van der Waals surface area contributed by atoms with Gasteiger partial charge in [-0.1, -0.05) is 12.1 Å². The normalized spacial score (nSPS) is 23.1. The van der Waals surface area contributed by atoms with Crippen LogP contribution in [0, 0.1) is 12.7 Å². The zero-order valence-electron chi connectivity index (χ0n) is 13.3. The molecule has 0 radical (unpaired) electrons. The summed E-state index contributed by atoms with van der Waals surface area (Å²) in [7, 11) is -3.58. The predicted octanol–water partition coefficient (Wildman–Crippen LogP) is 1.42. The third-order valence-corrected chi connectivity index (χ3v) is 5.62. The van der Waals surface area contributed by atoms with Gasteiger partial charge in [0, 0.05) is 31.2 Å². The highest BCUT2D eigenvalue weighted by atomic mass is 32.2. The number of nitrogens with zero attached hydrogens (tertiary/aromatic N) is 1. The first-order chi connectivity index (χ1) is 10.9. The largest absolute Gasteiger partial charge is 0.374 e. The highest BCUT2D eigenvalue weighted by molar-refractivity contribution is 7.88. The molecular weight excluding hydrogens is 319 g/mol. The lowest BCUT2D eigenvalue weighted by atomic mass is 10.2. The average molecular weight is 342 g/mol. The Labute approximate surface area is 136 Å². The molecule has 1 heterocycles. The summed E-state index contributed by atoms with van der Waals surface area (Å²) in [6.07, 6.45) is 2.32. The summed E-state index contributed by atoms with van der Waals surface area (Å²) < 4.78 is 46.3. The Morgan fingerprint density at radius 2 is 2.17 bits per heavy atom. The van der Waals surface area contributed by atoms with E-state index in [1.165, 1.54) is 25.0 Å². The van der Waals surface area contributed by atoms with E-state index >= 15 is 0 Å². The first-order valence-corrected chi connectivity index (χ1v) is 9.66. The highest BCUT2D eigenvalue weighted by Gasteiger charge is 2.33. The van der Waals surface area contributed by atoms with Gasteiger partial charge >= 0.3 is 0 Å². The molecule has 1 aliphatic carbocycles. The topological polar surface area (TPSA) is 58.6 Å². The molecule has 2 fully saturated rings. The molecule has 1 N–H and O–H groups in total. The van der Waals surface area contributed by atoms with Gasteiger partial charge in [0.15, 0.2) is 0 Å². The number of aryl methyl sites for hydroxylation is 1. The molecule has 0 amide bonds. The number of ether oxygens (including phenoxy) is 1. The van der Waals surface area contributed by atoms with E-state index in [2.05, 4.69) is 9.62 Å². The minimum absolute atomic E-state index is 0.137. The SMILES string of the molecule is Cc1ccc(CS(=O)(=O)NC[C@@H]2CN(C3CC3)CCO2)c(F)c1. The Morgan fingerprint density at radius 3 is 2.87 bits per heavy atom. The van der Waals surface area contributed by atoms with E-state index in [1.54, 1.807) is 13.0 Å². The third-order valence-electron chi connectivity index (χ3n) is 4.32. The second kappa shape index (κ2) is 6.84. The number of morpholine rings is 1. The first kappa shape index (κ1) is 16.8. The number of halogens is 1. The highest BCUT2D eigenvalue weighted by Crippen LogP contribution is 2.28. The number of hydrogen-bond donors (Lipinski definition) is 1. The summed E-state index contributed by atoms with van der Waals surface area (Å²) in [4.78, 5) is 2.36.